The highest BCUT2D eigenvalue weighted by Crippen LogP contribution is 2.20. The fourth-order valence-electron chi connectivity index (χ4n) is 3.13. The molecule has 138 valence electrons. The van der Waals surface area contributed by atoms with Crippen LogP contribution in [0.15, 0.2) is 30.3 Å². The monoisotopic (exact) mass is 357 g/mol. The van der Waals surface area contributed by atoms with Crippen molar-refractivity contribution in [1.29, 1.82) is 0 Å². The zero-order valence-corrected chi connectivity index (χ0v) is 14.4. The second-order valence-electron chi connectivity index (χ2n) is 6.51. The number of amides is 2. The molecular formula is C18H23N5O3. The molecule has 3 rings (SSSR count). The van der Waals surface area contributed by atoms with Crippen LogP contribution in [0.3, 0.4) is 0 Å². The van der Waals surface area contributed by atoms with Crippen molar-refractivity contribution in [3.63, 3.8) is 0 Å². The van der Waals surface area contributed by atoms with Crippen LogP contribution in [0.4, 0.5) is 0 Å². The van der Waals surface area contributed by atoms with Crippen molar-refractivity contribution in [3.8, 4) is 17.0 Å². The molecule has 2 amide bonds. The Kier molecular flexibility index (Phi) is 5.52. The molecule has 1 atom stereocenters. The molecule has 5 N–H and O–H groups in total. The SMILES string of the molecule is NC(=O)[C@@H]1CCCN(CCNC(=O)c2cc(-c3ccc(O)cc3)n[nH]2)C1. The number of carbonyl (C=O) groups is 2. The van der Waals surface area contributed by atoms with Gasteiger partial charge < -0.3 is 21.1 Å². The van der Waals surface area contributed by atoms with E-state index in [1.165, 1.54) is 0 Å². The minimum Gasteiger partial charge on any atom is -0.508 e. The van der Waals surface area contributed by atoms with Gasteiger partial charge in [0.15, 0.2) is 0 Å². The van der Waals surface area contributed by atoms with E-state index in [-0.39, 0.29) is 23.5 Å². The summed E-state index contributed by atoms with van der Waals surface area (Å²) in [5, 5.41) is 19.0. The normalized spacial score (nSPS) is 17.8. The number of piperidine rings is 1. The number of aromatic amines is 1. The topological polar surface area (TPSA) is 124 Å². The first kappa shape index (κ1) is 17.9. The fourth-order valence-corrected chi connectivity index (χ4v) is 3.13. The third-order valence-electron chi connectivity index (χ3n) is 4.61. The zero-order valence-electron chi connectivity index (χ0n) is 14.4. The zero-order chi connectivity index (χ0) is 18.5. The van der Waals surface area contributed by atoms with Crippen LogP contribution in [0.25, 0.3) is 11.3 Å². The first-order valence-electron chi connectivity index (χ1n) is 8.67. The molecule has 0 aliphatic carbocycles. The van der Waals surface area contributed by atoms with Gasteiger partial charge in [-0.1, -0.05) is 0 Å². The lowest BCUT2D eigenvalue weighted by Gasteiger charge is -2.30. The number of primary amides is 1. The molecule has 1 aromatic heterocycles. The van der Waals surface area contributed by atoms with Gasteiger partial charge in [0, 0.05) is 25.2 Å². The van der Waals surface area contributed by atoms with Gasteiger partial charge in [-0.15, -0.1) is 0 Å². The molecule has 1 aliphatic rings. The molecule has 1 aliphatic heterocycles. The maximum atomic E-state index is 12.2. The largest absolute Gasteiger partial charge is 0.508 e. The Morgan fingerprint density at radius 3 is 2.85 bits per heavy atom. The van der Waals surface area contributed by atoms with Gasteiger partial charge in [0.05, 0.1) is 11.6 Å². The molecule has 0 radical (unpaired) electrons. The first-order valence-corrected chi connectivity index (χ1v) is 8.67. The second-order valence-corrected chi connectivity index (χ2v) is 6.51. The number of hydrogen-bond donors (Lipinski definition) is 4. The van der Waals surface area contributed by atoms with Gasteiger partial charge in [-0.05, 0) is 49.7 Å². The third kappa shape index (κ3) is 4.40. The van der Waals surface area contributed by atoms with Crippen molar-refractivity contribution in [1.82, 2.24) is 20.4 Å². The van der Waals surface area contributed by atoms with E-state index in [0.717, 1.165) is 24.9 Å². The highest BCUT2D eigenvalue weighted by atomic mass is 16.3. The van der Waals surface area contributed by atoms with Crippen LogP contribution in [0, 0.1) is 5.92 Å². The van der Waals surface area contributed by atoms with Gasteiger partial charge in [0.1, 0.15) is 11.4 Å². The Hall–Kier alpha value is -2.87. The number of phenolic OH excluding ortho intramolecular Hbond substituents is 1. The second kappa shape index (κ2) is 8.01. The van der Waals surface area contributed by atoms with E-state index in [9.17, 15) is 14.7 Å². The number of likely N-dealkylation sites (tertiary alicyclic amines) is 1. The lowest BCUT2D eigenvalue weighted by molar-refractivity contribution is -0.123. The number of rotatable bonds is 6. The number of aromatic nitrogens is 2. The lowest BCUT2D eigenvalue weighted by atomic mass is 9.97. The van der Waals surface area contributed by atoms with Crippen molar-refractivity contribution in [2.24, 2.45) is 11.7 Å². The van der Waals surface area contributed by atoms with Crippen LogP contribution in [-0.2, 0) is 4.79 Å². The predicted molar refractivity (Wildman–Crippen MR) is 96.4 cm³/mol. The third-order valence-corrected chi connectivity index (χ3v) is 4.61. The average Bonchev–Trinajstić information content (AvgIpc) is 3.13. The Morgan fingerprint density at radius 2 is 2.12 bits per heavy atom. The minimum absolute atomic E-state index is 0.0973. The summed E-state index contributed by atoms with van der Waals surface area (Å²) in [4.78, 5) is 25.7. The van der Waals surface area contributed by atoms with E-state index < -0.39 is 0 Å². The number of hydrogen-bond acceptors (Lipinski definition) is 5. The Morgan fingerprint density at radius 1 is 1.35 bits per heavy atom. The van der Waals surface area contributed by atoms with Crippen molar-refractivity contribution < 1.29 is 14.7 Å². The van der Waals surface area contributed by atoms with Crippen LogP contribution in [0.2, 0.25) is 0 Å². The molecule has 8 nitrogen and oxygen atoms in total. The Labute approximate surface area is 151 Å². The summed E-state index contributed by atoms with van der Waals surface area (Å²) in [6.07, 6.45) is 1.78. The van der Waals surface area contributed by atoms with Gasteiger partial charge in [0.2, 0.25) is 5.91 Å². The van der Waals surface area contributed by atoms with Crippen LogP contribution < -0.4 is 11.1 Å². The minimum atomic E-state index is -0.252. The Bertz CT molecular complexity index is 771. The number of phenols is 1. The molecule has 1 fully saturated rings. The van der Waals surface area contributed by atoms with Gasteiger partial charge in [0.25, 0.3) is 5.91 Å². The van der Waals surface area contributed by atoms with Gasteiger partial charge in [-0.3, -0.25) is 14.7 Å². The molecule has 0 unspecified atom stereocenters. The highest BCUT2D eigenvalue weighted by molar-refractivity contribution is 5.93. The number of H-pyrrole nitrogens is 1. The summed E-state index contributed by atoms with van der Waals surface area (Å²) in [5.74, 6) is -0.401. The number of nitrogens with zero attached hydrogens (tertiary/aromatic N) is 2. The summed E-state index contributed by atoms with van der Waals surface area (Å²) < 4.78 is 0. The number of nitrogens with two attached hydrogens (primary N) is 1. The highest BCUT2D eigenvalue weighted by Gasteiger charge is 2.23. The number of aromatic hydroxyl groups is 1. The van der Waals surface area contributed by atoms with Gasteiger partial charge >= 0.3 is 0 Å². The predicted octanol–water partition coefficient (Wildman–Crippen LogP) is 0.709. The molecular weight excluding hydrogens is 334 g/mol. The van der Waals surface area contributed by atoms with Gasteiger partial charge in [-0.2, -0.15) is 5.10 Å². The van der Waals surface area contributed by atoms with E-state index in [2.05, 4.69) is 20.4 Å². The van der Waals surface area contributed by atoms with Crippen molar-refractivity contribution in [2.75, 3.05) is 26.2 Å². The summed E-state index contributed by atoms with van der Waals surface area (Å²) in [6.45, 7) is 2.72. The van der Waals surface area contributed by atoms with Crippen LogP contribution in [0.1, 0.15) is 23.3 Å². The summed E-state index contributed by atoms with van der Waals surface area (Å²) in [6, 6.07) is 8.28. The number of benzene rings is 1. The lowest BCUT2D eigenvalue weighted by Crippen LogP contribution is -2.44. The summed E-state index contributed by atoms with van der Waals surface area (Å²) in [5.41, 5.74) is 7.20. The van der Waals surface area contributed by atoms with Crippen LogP contribution >= 0.6 is 0 Å². The van der Waals surface area contributed by atoms with Gasteiger partial charge in [-0.25, -0.2) is 0 Å². The molecule has 0 bridgehead atoms. The number of nitrogens with one attached hydrogen (secondary N) is 2. The van der Waals surface area contributed by atoms with E-state index in [1.807, 2.05) is 0 Å². The summed E-state index contributed by atoms with van der Waals surface area (Å²) in [7, 11) is 0. The number of carbonyl (C=O) groups excluding carboxylic acids is 2. The fraction of sp³-hybridized carbons (Fsp3) is 0.389. The Balaban J connectivity index is 1.49. The quantitative estimate of drug-likeness (QED) is 0.606. The smallest absolute Gasteiger partial charge is 0.269 e. The van der Waals surface area contributed by atoms with Crippen LogP contribution in [-0.4, -0.2) is 58.2 Å². The molecule has 1 aromatic carbocycles. The van der Waals surface area contributed by atoms with E-state index in [4.69, 9.17) is 5.73 Å². The van der Waals surface area contributed by atoms with Crippen molar-refractivity contribution in [2.45, 2.75) is 12.8 Å². The van der Waals surface area contributed by atoms with E-state index >= 15 is 0 Å². The molecule has 26 heavy (non-hydrogen) atoms. The molecule has 0 saturated carbocycles. The van der Waals surface area contributed by atoms with E-state index in [1.54, 1.807) is 30.3 Å². The van der Waals surface area contributed by atoms with Crippen molar-refractivity contribution in [3.05, 3.63) is 36.0 Å². The van der Waals surface area contributed by atoms with E-state index in [0.29, 0.717) is 31.0 Å². The first-order chi connectivity index (χ1) is 12.5. The average molecular weight is 357 g/mol. The summed E-state index contributed by atoms with van der Waals surface area (Å²) >= 11 is 0. The standard InChI is InChI=1S/C18H23N5O3/c19-17(25)13-2-1-8-23(11-13)9-7-20-18(26)16-10-15(21-22-16)12-3-5-14(24)6-4-12/h3-6,10,13,24H,1-2,7-9,11H2,(H2,19,25)(H,20,26)(H,21,22)/t13-/m1/s1. The molecule has 0 spiro atoms. The molecule has 2 heterocycles. The molecule has 2 aromatic rings. The van der Waals surface area contributed by atoms with Crippen LogP contribution in [0.5, 0.6) is 5.75 Å². The maximum Gasteiger partial charge on any atom is 0.269 e. The molecule has 8 heteroatoms. The van der Waals surface area contributed by atoms with Crippen molar-refractivity contribution >= 4 is 11.8 Å². The maximum absolute atomic E-state index is 12.2. The molecule has 1 saturated heterocycles.